The minimum atomic E-state index is 0. The maximum absolute atomic E-state index is 5.21. The smallest absolute Gasteiger partial charge is 0.194 e. The van der Waals surface area contributed by atoms with Crippen molar-refractivity contribution in [3.8, 4) is 0 Å². The Hall–Kier alpha value is -0.790. The van der Waals surface area contributed by atoms with Gasteiger partial charge in [-0.25, -0.2) is 4.99 Å². The average molecular weight is 420 g/mol. The van der Waals surface area contributed by atoms with E-state index in [0.717, 1.165) is 42.6 Å². The molecule has 2 heterocycles. The van der Waals surface area contributed by atoms with Crippen LogP contribution in [-0.4, -0.2) is 35.7 Å². The highest BCUT2D eigenvalue weighted by Gasteiger charge is 2.33. The van der Waals surface area contributed by atoms with Gasteiger partial charge in [-0.15, -0.1) is 24.0 Å². The van der Waals surface area contributed by atoms with Gasteiger partial charge in [-0.05, 0) is 39.0 Å². The molecule has 1 saturated heterocycles. The van der Waals surface area contributed by atoms with Gasteiger partial charge in [0.05, 0.1) is 12.2 Å². The van der Waals surface area contributed by atoms with Crippen molar-refractivity contribution in [2.24, 2.45) is 10.4 Å². The number of aromatic nitrogens is 1. The predicted octanol–water partition coefficient (Wildman–Crippen LogP) is 3.50. The Labute approximate surface area is 150 Å². The highest BCUT2D eigenvalue weighted by molar-refractivity contribution is 14.0. The second-order valence-electron chi connectivity index (χ2n) is 6.31. The molecule has 1 unspecified atom stereocenters. The van der Waals surface area contributed by atoms with Crippen molar-refractivity contribution in [2.75, 3.05) is 19.6 Å². The molecule has 2 rings (SSSR count). The van der Waals surface area contributed by atoms with Gasteiger partial charge < -0.3 is 14.7 Å². The van der Waals surface area contributed by atoms with E-state index < -0.39 is 0 Å². The van der Waals surface area contributed by atoms with Crippen molar-refractivity contribution >= 4 is 29.9 Å². The summed E-state index contributed by atoms with van der Waals surface area (Å²) < 4.78 is 5.21. The second-order valence-corrected chi connectivity index (χ2v) is 6.31. The molecule has 1 fully saturated rings. The van der Waals surface area contributed by atoms with E-state index in [-0.39, 0.29) is 24.0 Å². The normalized spacial score (nSPS) is 21.9. The number of nitrogens with zero attached hydrogens (tertiary/aromatic N) is 3. The lowest BCUT2D eigenvalue weighted by atomic mass is 9.87. The molecule has 1 aromatic heterocycles. The lowest BCUT2D eigenvalue weighted by Crippen LogP contribution is -2.41. The van der Waals surface area contributed by atoms with Crippen LogP contribution in [0.25, 0.3) is 0 Å². The molecular weight excluding hydrogens is 391 g/mol. The van der Waals surface area contributed by atoms with E-state index in [0.29, 0.717) is 12.0 Å². The van der Waals surface area contributed by atoms with E-state index in [1.54, 1.807) is 0 Å². The van der Waals surface area contributed by atoms with Crippen LogP contribution in [0.15, 0.2) is 9.52 Å². The molecule has 0 radical (unpaired) electrons. The number of hydrogen-bond donors (Lipinski definition) is 1. The van der Waals surface area contributed by atoms with E-state index in [2.05, 4.69) is 36.1 Å². The SMILES string of the molecule is CCNC(=NCc1c(C)noc1C)N1CCC(C)(CC)C1.I. The van der Waals surface area contributed by atoms with Gasteiger partial charge in [-0.2, -0.15) is 0 Å². The van der Waals surface area contributed by atoms with Crippen LogP contribution in [-0.2, 0) is 6.54 Å². The molecule has 1 atom stereocenters. The van der Waals surface area contributed by atoms with Crippen LogP contribution in [0.1, 0.15) is 50.6 Å². The molecule has 1 aromatic rings. The molecule has 22 heavy (non-hydrogen) atoms. The molecule has 0 aromatic carbocycles. The third-order valence-electron chi connectivity index (χ3n) is 4.61. The maximum atomic E-state index is 5.21. The largest absolute Gasteiger partial charge is 0.361 e. The summed E-state index contributed by atoms with van der Waals surface area (Å²) in [5, 5.41) is 7.41. The fourth-order valence-corrected chi connectivity index (χ4v) is 2.80. The van der Waals surface area contributed by atoms with Gasteiger partial charge in [0.25, 0.3) is 0 Å². The van der Waals surface area contributed by atoms with E-state index in [4.69, 9.17) is 9.52 Å². The van der Waals surface area contributed by atoms with E-state index >= 15 is 0 Å². The minimum absolute atomic E-state index is 0. The van der Waals surface area contributed by atoms with Crippen molar-refractivity contribution < 1.29 is 4.52 Å². The van der Waals surface area contributed by atoms with Crippen LogP contribution in [0, 0.1) is 19.3 Å². The first-order valence-electron chi connectivity index (χ1n) is 7.94. The van der Waals surface area contributed by atoms with Crippen LogP contribution in [0.5, 0.6) is 0 Å². The van der Waals surface area contributed by atoms with E-state index in [9.17, 15) is 0 Å². The summed E-state index contributed by atoms with van der Waals surface area (Å²) in [6.45, 7) is 14.3. The Balaban J connectivity index is 0.00000242. The number of guanidine groups is 1. The summed E-state index contributed by atoms with van der Waals surface area (Å²) >= 11 is 0. The molecule has 1 N–H and O–H groups in total. The Kier molecular flexibility index (Phi) is 7.15. The third kappa shape index (κ3) is 4.36. The zero-order valence-corrected chi connectivity index (χ0v) is 16.7. The van der Waals surface area contributed by atoms with Gasteiger partial charge in [0.15, 0.2) is 5.96 Å². The standard InChI is InChI=1S/C16H28N4O.HI/c1-6-16(5)8-9-20(11-16)15(17-7-2)18-10-14-12(3)19-21-13(14)4;/h6-11H2,1-5H3,(H,17,18);1H. The summed E-state index contributed by atoms with van der Waals surface area (Å²) in [4.78, 5) is 7.17. The number of nitrogens with one attached hydrogen (secondary N) is 1. The molecular formula is C16H29IN4O. The van der Waals surface area contributed by atoms with Gasteiger partial charge >= 0.3 is 0 Å². The second kappa shape index (κ2) is 8.17. The van der Waals surface area contributed by atoms with Gasteiger partial charge in [0.2, 0.25) is 0 Å². The molecule has 0 aliphatic carbocycles. The van der Waals surface area contributed by atoms with Gasteiger partial charge in [0, 0.05) is 25.2 Å². The number of hydrogen-bond acceptors (Lipinski definition) is 3. The Bertz CT molecular complexity index is 495. The first-order chi connectivity index (χ1) is 9.99. The summed E-state index contributed by atoms with van der Waals surface area (Å²) in [7, 11) is 0. The first kappa shape index (κ1) is 19.3. The highest BCUT2D eigenvalue weighted by Crippen LogP contribution is 2.32. The summed E-state index contributed by atoms with van der Waals surface area (Å²) in [6, 6.07) is 0. The monoisotopic (exact) mass is 420 g/mol. The Morgan fingerprint density at radius 1 is 1.41 bits per heavy atom. The number of likely N-dealkylation sites (tertiary alicyclic amines) is 1. The number of rotatable bonds is 4. The fraction of sp³-hybridized carbons (Fsp3) is 0.750. The molecule has 0 amide bonds. The number of aliphatic imine (C=N–C) groups is 1. The number of aryl methyl sites for hydroxylation is 2. The molecule has 0 saturated carbocycles. The molecule has 0 spiro atoms. The van der Waals surface area contributed by atoms with Crippen LogP contribution in [0.3, 0.4) is 0 Å². The van der Waals surface area contributed by atoms with Crippen molar-refractivity contribution in [3.63, 3.8) is 0 Å². The van der Waals surface area contributed by atoms with Crippen LogP contribution in [0.4, 0.5) is 0 Å². The van der Waals surface area contributed by atoms with Crippen molar-refractivity contribution in [3.05, 3.63) is 17.0 Å². The van der Waals surface area contributed by atoms with Crippen LogP contribution >= 0.6 is 24.0 Å². The van der Waals surface area contributed by atoms with Crippen molar-refractivity contribution in [1.82, 2.24) is 15.4 Å². The summed E-state index contributed by atoms with van der Waals surface area (Å²) in [5.74, 6) is 1.88. The molecule has 5 nitrogen and oxygen atoms in total. The van der Waals surface area contributed by atoms with Crippen LogP contribution in [0.2, 0.25) is 0 Å². The summed E-state index contributed by atoms with van der Waals surface area (Å²) in [5.41, 5.74) is 2.45. The summed E-state index contributed by atoms with van der Waals surface area (Å²) in [6.07, 6.45) is 2.45. The molecule has 0 bridgehead atoms. The Morgan fingerprint density at radius 3 is 2.64 bits per heavy atom. The fourth-order valence-electron chi connectivity index (χ4n) is 2.80. The molecule has 1 aliphatic heterocycles. The quantitative estimate of drug-likeness (QED) is 0.460. The highest BCUT2D eigenvalue weighted by atomic mass is 127. The maximum Gasteiger partial charge on any atom is 0.194 e. The predicted molar refractivity (Wildman–Crippen MR) is 101 cm³/mol. The zero-order chi connectivity index (χ0) is 15.5. The van der Waals surface area contributed by atoms with Crippen molar-refractivity contribution in [1.29, 1.82) is 0 Å². The van der Waals surface area contributed by atoms with Gasteiger partial charge in [-0.3, -0.25) is 0 Å². The van der Waals surface area contributed by atoms with E-state index in [1.165, 1.54) is 12.8 Å². The lowest BCUT2D eigenvalue weighted by molar-refractivity contribution is 0.322. The van der Waals surface area contributed by atoms with Gasteiger partial charge in [-0.1, -0.05) is 19.0 Å². The third-order valence-corrected chi connectivity index (χ3v) is 4.61. The lowest BCUT2D eigenvalue weighted by Gasteiger charge is -2.25. The van der Waals surface area contributed by atoms with Gasteiger partial charge in [0.1, 0.15) is 5.76 Å². The van der Waals surface area contributed by atoms with E-state index in [1.807, 2.05) is 13.8 Å². The zero-order valence-electron chi connectivity index (χ0n) is 14.4. The minimum Gasteiger partial charge on any atom is -0.361 e. The van der Waals surface area contributed by atoms with Crippen LogP contribution < -0.4 is 5.32 Å². The molecule has 6 heteroatoms. The van der Waals surface area contributed by atoms with Crippen molar-refractivity contribution in [2.45, 2.75) is 54.0 Å². The Morgan fingerprint density at radius 2 is 2.14 bits per heavy atom. The molecule has 1 aliphatic rings. The topological polar surface area (TPSA) is 53.7 Å². The number of halogens is 1. The first-order valence-corrected chi connectivity index (χ1v) is 7.94. The molecule has 126 valence electrons. The average Bonchev–Trinajstić information content (AvgIpc) is 3.00.